The molecule has 10 aromatic rings. The predicted molar refractivity (Wildman–Crippen MR) is 443 cm³/mol. The number of hydrogen-bond donors (Lipinski definition) is 10. The summed E-state index contributed by atoms with van der Waals surface area (Å²) in [7, 11) is 2.19. The van der Waals surface area contributed by atoms with Gasteiger partial charge >= 0.3 is 5.97 Å². The quantitative estimate of drug-likeness (QED) is 0.0161. The van der Waals surface area contributed by atoms with Gasteiger partial charge in [0, 0.05) is 129 Å². The van der Waals surface area contributed by atoms with Crippen LogP contribution < -0.4 is 48.3 Å². The number of piperidine rings is 2. The first-order valence-electron chi connectivity index (χ1n) is 39.4. The number of fused-ring (bicyclic) bond motifs is 4. The summed E-state index contributed by atoms with van der Waals surface area (Å²) in [6, 6.07) is 55.4. The lowest BCUT2D eigenvalue weighted by molar-refractivity contribution is -0.138. The number of halogens is 1. The molecule has 2 unspecified atom stereocenters. The minimum atomic E-state index is -1.00. The maximum absolute atomic E-state index is 13.1. The Balaban J connectivity index is 0.000000189. The molecule has 602 valence electrons. The topological polar surface area (TPSA) is 380 Å². The zero-order valence-corrected chi connectivity index (χ0v) is 64.9. The maximum Gasteiger partial charge on any atom is 0.303 e. The van der Waals surface area contributed by atoms with Crippen LogP contribution in [0.15, 0.2) is 194 Å². The molecule has 0 bridgehead atoms. The molecule has 0 radical (unpaired) electrons. The Labute approximate surface area is 676 Å². The molecule has 8 aromatic carbocycles. The van der Waals surface area contributed by atoms with Crippen LogP contribution in [0, 0.1) is 0 Å². The fourth-order valence-corrected chi connectivity index (χ4v) is 14.5. The van der Waals surface area contributed by atoms with E-state index in [0.717, 1.165) is 103 Å². The molecule has 2 fully saturated rings. The average Bonchev–Trinajstić information content (AvgIpc) is 1.57. The first-order chi connectivity index (χ1) is 57.2. The van der Waals surface area contributed by atoms with Crippen molar-refractivity contribution in [1.82, 2.24) is 51.7 Å². The lowest BCUT2D eigenvalue weighted by Gasteiger charge is -2.29. The number of alkyl halides is 1. The van der Waals surface area contributed by atoms with Crippen molar-refractivity contribution in [1.29, 1.82) is 0 Å². The first kappa shape index (κ1) is 82.8. The number of pyridine rings is 2. The van der Waals surface area contributed by atoms with Crippen molar-refractivity contribution in [2.45, 2.75) is 115 Å². The number of anilines is 4. The van der Waals surface area contributed by atoms with Crippen LogP contribution in [0.4, 0.5) is 27.1 Å². The second-order valence-electron chi connectivity index (χ2n) is 28.3. The number of rotatable bonds is 28. The lowest BCUT2D eigenvalue weighted by atomic mass is 9.97. The fourth-order valence-electron chi connectivity index (χ4n) is 14.5. The number of amides is 10. The van der Waals surface area contributed by atoms with Gasteiger partial charge in [-0.3, -0.25) is 82.5 Å². The molecule has 14 rings (SSSR count). The molecule has 11 N–H and O–H groups in total. The van der Waals surface area contributed by atoms with Crippen molar-refractivity contribution < 1.29 is 68.4 Å². The molecule has 0 aliphatic carbocycles. The van der Waals surface area contributed by atoms with E-state index in [0.29, 0.717) is 116 Å². The molecule has 117 heavy (non-hydrogen) atoms. The maximum atomic E-state index is 13.1. The zero-order valence-electron chi connectivity index (χ0n) is 65.9. The van der Waals surface area contributed by atoms with Crippen molar-refractivity contribution in [2.24, 2.45) is 5.73 Å². The highest BCUT2D eigenvalue weighted by atomic mass is 19.1. The number of carbonyl (C=O) groups is 12. The second-order valence-corrected chi connectivity index (χ2v) is 28.3. The van der Waals surface area contributed by atoms with Gasteiger partial charge in [-0.25, -0.2) is 0 Å². The Morgan fingerprint density at radius 2 is 0.923 bits per heavy atom. The highest BCUT2D eigenvalue weighted by Crippen LogP contribution is 2.37. The molecule has 2 saturated heterocycles. The summed E-state index contributed by atoms with van der Waals surface area (Å²) < 4.78 is 15.5. The van der Waals surface area contributed by atoms with E-state index in [1.54, 1.807) is 56.8 Å². The Kier molecular flexibility index (Phi) is 28.5. The van der Waals surface area contributed by atoms with E-state index in [1.165, 1.54) is 9.80 Å². The largest absolute Gasteiger partial charge is 0.481 e. The number of hydrogen-bond acceptors (Lipinski definition) is 17. The van der Waals surface area contributed by atoms with Gasteiger partial charge < -0.3 is 52.5 Å². The number of benzene rings is 8. The minimum absolute atomic E-state index is 0.0109. The van der Waals surface area contributed by atoms with Gasteiger partial charge in [0.15, 0.2) is 0 Å². The number of carboxylic acids is 1. The number of para-hydroxylation sites is 2. The lowest BCUT2D eigenvalue weighted by Crippen LogP contribution is -2.52. The van der Waals surface area contributed by atoms with Crippen LogP contribution in [0.3, 0.4) is 0 Å². The van der Waals surface area contributed by atoms with Gasteiger partial charge in [-0.2, -0.15) is 0 Å². The van der Waals surface area contributed by atoms with Crippen molar-refractivity contribution in [3.05, 3.63) is 250 Å². The average molecular weight is 1580 g/mol. The molecular formula is C90H92FN13O13. The van der Waals surface area contributed by atoms with Gasteiger partial charge in [0.05, 0.1) is 42.1 Å². The van der Waals surface area contributed by atoms with Gasteiger partial charge in [0.25, 0.3) is 35.4 Å². The summed E-state index contributed by atoms with van der Waals surface area (Å²) in [6.45, 7) is 2.29. The smallest absolute Gasteiger partial charge is 0.303 e. The number of nitrogens with one attached hydrogen (secondary N) is 8. The number of ketones is 1. The molecule has 4 aliphatic rings. The van der Waals surface area contributed by atoms with Crippen molar-refractivity contribution in [2.75, 3.05) is 51.5 Å². The van der Waals surface area contributed by atoms with Gasteiger partial charge in [-0.1, -0.05) is 103 Å². The Morgan fingerprint density at radius 1 is 0.504 bits per heavy atom. The van der Waals surface area contributed by atoms with Gasteiger partial charge in [-0.15, -0.1) is 0 Å². The van der Waals surface area contributed by atoms with Crippen LogP contribution in [0.2, 0.25) is 0 Å². The third-order valence-corrected chi connectivity index (χ3v) is 20.7. The van der Waals surface area contributed by atoms with Crippen molar-refractivity contribution in [3.8, 4) is 22.3 Å². The highest BCUT2D eigenvalue weighted by Gasteiger charge is 2.41. The van der Waals surface area contributed by atoms with Gasteiger partial charge in [0.1, 0.15) is 17.9 Å². The summed E-state index contributed by atoms with van der Waals surface area (Å²) in [5.74, 6) is -3.49. The number of unbranched alkanes of at least 4 members (excludes halogenated alkanes) is 3. The number of nitrogens with two attached hydrogens (primary N) is 1. The summed E-state index contributed by atoms with van der Waals surface area (Å²) in [4.78, 5) is 159. The molecule has 26 nitrogen and oxygen atoms in total. The Bertz CT molecular complexity index is 5410. The van der Waals surface area contributed by atoms with E-state index in [1.807, 2.05) is 152 Å². The van der Waals surface area contributed by atoms with E-state index in [9.17, 15) is 61.9 Å². The van der Waals surface area contributed by atoms with E-state index < -0.39 is 37.0 Å². The monoisotopic (exact) mass is 1580 g/mol. The second kappa shape index (κ2) is 40.4. The minimum Gasteiger partial charge on any atom is -0.481 e. The van der Waals surface area contributed by atoms with E-state index in [-0.39, 0.29) is 78.8 Å². The van der Waals surface area contributed by atoms with Gasteiger partial charge in [0.2, 0.25) is 23.6 Å². The summed E-state index contributed by atoms with van der Waals surface area (Å²) in [5, 5.41) is 33.1. The van der Waals surface area contributed by atoms with Crippen LogP contribution in [-0.2, 0) is 54.7 Å². The van der Waals surface area contributed by atoms with Crippen molar-refractivity contribution >= 4 is 115 Å². The third-order valence-electron chi connectivity index (χ3n) is 20.7. The molecule has 4 aliphatic heterocycles. The molecule has 6 heterocycles. The summed E-state index contributed by atoms with van der Waals surface area (Å²) >= 11 is 0. The third kappa shape index (κ3) is 21.0. The SMILES string of the molecule is CNC(=O)c1cnc2ccc(-c3ccc(C(=O)NCCCCCC(=O)CCc4cccc5c4CN(C4CCC(=O)NC4=O)C5=O)cc3)cc2c1Nc1ccccc1.CNC(=O)c1cnc2ccc(-c3ccc(C(=O)NCCCCN)cc3)cc2c1Nc1ccccc1.O=C(O)CCc1cccc2c1CN(C1CCC(=O)NC1=O)C2=O.[2H]CF. The number of carboxylic acid groups (broad SMARTS) is 1. The number of imide groups is 2. The number of Topliss-reactive ketones (excluding diaryl/α,β-unsaturated/α-hetero) is 1. The summed E-state index contributed by atoms with van der Waals surface area (Å²) in [5.41, 5.74) is 20.3. The van der Waals surface area contributed by atoms with Crippen LogP contribution in [0.1, 0.15) is 163 Å². The number of aliphatic carboxylic acids is 1. The predicted octanol–water partition coefficient (Wildman–Crippen LogP) is 11.8. The van der Waals surface area contributed by atoms with Crippen LogP contribution in [0.25, 0.3) is 44.1 Å². The number of carbonyl (C=O) groups excluding carboxylic acids is 11. The molecule has 0 spiro atoms. The van der Waals surface area contributed by atoms with Crippen molar-refractivity contribution in [3.63, 3.8) is 0 Å². The molecule has 2 aromatic heterocycles. The number of nitrogens with zero attached hydrogens (tertiary/aromatic N) is 4. The number of aryl methyl sites for hydroxylation is 2. The summed E-state index contributed by atoms with van der Waals surface area (Å²) in [6.07, 6.45) is 9.83. The van der Waals surface area contributed by atoms with Gasteiger partial charge in [-0.05, 0) is 187 Å². The fraction of sp³-hybridized carbons (Fsp3) is 0.267. The molecular weight excluding hydrogens is 1490 g/mol. The molecule has 2 atom stereocenters. The Hall–Kier alpha value is -13.7. The molecule has 0 saturated carbocycles. The van der Waals surface area contributed by atoms with E-state index in [4.69, 9.17) is 12.2 Å². The standard InChI is InChI=1S/C45H44N6O6.C28H29N5O2.C16H16N2O5.CH3F/c1-46-43(55)36-26-48-38-21-19-31(25-35(38)41(36)49-32-10-4-2-5-11-32)28-14-16-30(17-15-28)42(54)47-24-7-3-6-12-33(52)20-18-29-9-8-13-34-37(29)27-51(45(34)57)39-22-23-40(53)50-44(39)56;1-30-28(35)24-18-32-25-14-13-21(17-23(25)26(24)33-22-7-3-2-4-8-22)19-9-11-20(12-10-19)27(34)31-16-6-5-15-29;19-13-6-5-12(15(22)17-13)18-8-11-9(4-7-14(20)21)2-1-3-10(11)16(18)23;1-2/h2,4-5,8-11,13-17,19,21,25-26,39H,3,6-7,12,18,20,22-24,27H2,1H3,(H,46,55)(H,47,54)(H,48,49)(H,50,53,56);2-4,7-14,17-18H,5-6,15-16,29H2,1H3,(H,30,35)(H,31,34)(H,32,33);1-3,12H,4-8H2,(H,20,21)(H,17,19,22);1H3/i;;;1D. The van der Waals surface area contributed by atoms with Crippen LogP contribution in [-0.4, -0.2) is 149 Å². The highest BCUT2D eigenvalue weighted by molar-refractivity contribution is 6.11. The van der Waals surface area contributed by atoms with Crippen LogP contribution in [0.5, 0.6) is 0 Å². The molecule has 10 amide bonds. The normalized spacial score (nSPS) is 14.6. The molecule has 27 heteroatoms. The first-order valence-corrected chi connectivity index (χ1v) is 38.7. The Morgan fingerprint density at radius 3 is 1.33 bits per heavy atom. The zero-order chi connectivity index (χ0) is 83.8. The van der Waals surface area contributed by atoms with E-state index >= 15 is 0 Å². The van der Waals surface area contributed by atoms with E-state index in [2.05, 4.69) is 52.5 Å². The van der Waals surface area contributed by atoms with Crippen LogP contribution >= 0.6 is 0 Å². The number of aromatic nitrogens is 2.